The van der Waals surface area contributed by atoms with Crippen LogP contribution in [0.1, 0.15) is 12.5 Å². The van der Waals surface area contributed by atoms with Crippen LogP contribution in [0.2, 0.25) is 0 Å². The maximum Gasteiger partial charge on any atom is 0.272 e. The van der Waals surface area contributed by atoms with Crippen molar-refractivity contribution >= 4 is 32.5 Å². The van der Waals surface area contributed by atoms with Crippen molar-refractivity contribution in [2.45, 2.75) is 13.3 Å². The molecular formula is C13H11BrN2O. The minimum atomic E-state index is -0.0421. The van der Waals surface area contributed by atoms with Crippen LogP contribution in [0.25, 0.3) is 16.6 Å². The molecule has 1 aromatic carbocycles. The Morgan fingerprint density at radius 3 is 2.88 bits per heavy atom. The second-order valence-electron chi connectivity index (χ2n) is 4.07. The molecular weight excluding hydrogens is 280 g/mol. The molecule has 17 heavy (non-hydrogen) atoms. The number of hydrogen-bond donors (Lipinski definition) is 1. The maximum absolute atomic E-state index is 11.9. The number of nitrogens with zero attached hydrogens (tertiary/aromatic N) is 1. The minimum absolute atomic E-state index is 0.0421. The lowest BCUT2D eigenvalue weighted by Gasteiger charge is -2.02. The smallest absolute Gasteiger partial charge is 0.272 e. The Labute approximate surface area is 106 Å². The average molecular weight is 291 g/mol. The van der Waals surface area contributed by atoms with Gasteiger partial charge in [-0.2, -0.15) is 0 Å². The van der Waals surface area contributed by atoms with Gasteiger partial charge in [-0.25, -0.2) is 0 Å². The van der Waals surface area contributed by atoms with Gasteiger partial charge in [-0.3, -0.25) is 4.79 Å². The van der Waals surface area contributed by atoms with Crippen molar-refractivity contribution in [1.82, 2.24) is 9.38 Å². The number of H-pyrrole nitrogens is 1. The van der Waals surface area contributed by atoms with Crippen LogP contribution in [0.15, 0.2) is 39.7 Å². The Hall–Kier alpha value is -1.55. The molecule has 3 rings (SSSR count). The van der Waals surface area contributed by atoms with Crippen molar-refractivity contribution < 1.29 is 0 Å². The molecule has 1 N–H and O–H groups in total. The molecule has 0 spiro atoms. The first-order chi connectivity index (χ1) is 8.19. The van der Waals surface area contributed by atoms with Crippen LogP contribution in [0.5, 0.6) is 0 Å². The van der Waals surface area contributed by atoms with E-state index >= 15 is 0 Å². The summed E-state index contributed by atoms with van der Waals surface area (Å²) in [6.07, 6.45) is 2.95. The summed E-state index contributed by atoms with van der Waals surface area (Å²) in [4.78, 5) is 14.8. The second-order valence-corrected chi connectivity index (χ2v) is 4.99. The van der Waals surface area contributed by atoms with Crippen LogP contribution >= 0.6 is 15.9 Å². The molecule has 0 amide bonds. The zero-order chi connectivity index (χ0) is 12.0. The number of aromatic nitrogens is 2. The maximum atomic E-state index is 11.9. The minimum Gasteiger partial charge on any atom is -0.319 e. The molecule has 2 aromatic heterocycles. The molecule has 0 aliphatic rings. The fraction of sp³-hybridized carbons (Fsp3) is 0.154. The molecule has 4 heteroatoms. The first-order valence-corrected chi connectivity index (χ1v) is 6.31. The van der Waals surface area contributed by atoms with Gasteiger partial charge in [0, 0.05) is 10.7 Å². The van der Waals surface area contributed by atoms with E-state index in [-0.39, 0.29) is 5.56 Å². The fourth-order valence-corrected chi connectivity index (χ4v) is 2.43. The number of nitrogens with one attached hydrogen (secondary N) is 1. The summed E-state index contributed by atoms with van der Waals surface area (Å²) in [7, 11) is 0. The zero-order valence-electron chi connectivity index (χ0n) is 9.33. The molecule has 2 heterocycles. The van der Waals surface area contributed by atoms with Gasteiger partial charge < -0.3 is 9.38 Å². The first kappa shape index (κ1) is 10.6. The lowest BCUT2D eigenvalue weighted by molar-refractivity contribution is 1.12. The largest absolute Gasteiger partial charge is 0.319 e. The number of rotatable bonds is 1. The fourth-order valence-electron chi connectivity index (χ4n) is 2.08. The van der Waals surface area contributed by atoms with Gasteiger partial charge in [0.25, 0.3) is 5.56 Å². The predicted molar refractivity (Wildman–Crippen MR) is 72.6 cm³/mol. The van der Waals surface area contributed by atoms with Gasteiger partial charge in [0.2, 0.25) is 0 Å². The Bertz CT molecular complexity index is 770. The van der Waals surface area contributed by atoms with Crippen molar-refractivity contribution in [3.8, 4) is 0 Å². The molecule has 0 atom stereocenters. The van der Waals surface area contributed by atoms with E-state index in [9.17, 15) is 4.79 Å². The molecule has 3 aromatic rings. The highest BCUT2D eigenvalue weighted by Crippen LogP contribution is 2.19. The number of benzene rings is 1. The third-order valence-electron chi connectivity index (χ3n) is 2.98. The third-order valence-corrected chi connectivity index (χ3v) is 3.48. The van der Waals surface area contributed by atoms with E-state index in [0.29, 0.717) is 5.52 Å². The van der Waals surface area contributed by atoms with Crippen LogP contribution < -0.4 is 5.56 Å². The lowest BCUT2D eigenvalue weighted by Crippen LogP contribution is -2.09. The van der Waals surface area contributed by atoms with Crippen LogP contribution in [0, 0.1) is 0 Å². The SMILES string of the molecule is CCc1cc2c(=O)[nH]c3ccc(Br)cc3n2c1. The van der Waals surface area contributed by atoms with Crippen LogP contribution in [0.4, 0.5) is 0 Å². The molecule has 0 radical (unpaired) electrons. The molecule has 0 bridgehead atoms. The Kier molecular flexibility index (Phi) is 2.33. The topological polar surface area (TPSA) is 37.3 Å². The molecule has 0 saturated carbocycles. The summed E-state index contributed by atoms with van der Waals surface area (Å²) in [6.45, 7) is 2.08. The van der Waals surface area contributed by atoms with Crippen molar-refractivity contribution in [3.05, 3.63) is 50.9 Å². The van der Waals surface area contributed by atoms with Crippen molar-refractivity contribution in [2.75, 3.05) is 0 Å². The van der Waals surface area contributed by atoms with Crippen LogP contribution in [-0.4, -0.2) is 9.38 Å². The van der Waals surface area contributed by atoms with E-state index in [2.05, 4.69) is 27.8 Å². The summed E-state index contributed by atoms with van der Waals surface area (Å²) < 4.78 is 2.96. The molecule has 0 aliphatic heterocycles. The Morgan fingerprint density at radius 1 is 1.29 bits per heavy atom. The summed E-state index contributed by atoms with van der Waals surface area (Å²) in [5.41, 5.74) is 3.69. The van der Waals surface area contributed by atoms with Crippen LogP contribution in [-0.2, 0) is 6.42 Å². The molecule has 3 nitrogen and oxygen atoms in total. The standard InChI is InChI=1S/C13H11BrN2O/c1-2-8-5-12-13(17)15-10-4-3-9(14)6-11(10)16(12)7-8/h3-7H,2H2,1H3,(H,15,17). The monoisotopic (exact) mass is 290 g/mol. The van der Waals surface area contributed by atoms with Gasteiger partial charge in [-0.1, -0.05) is 22.9 Å². The van der Waals surface area contributed by atoms with Crippen molar-refractivity contribution in [3.63, 3.8) is 0 Å². The second kappa shape index (κ2) is 3.74. The molecule has 86 valence electrons. The van der Waals surface area contributed by atoms with E-state index in [4.69, 9.17) is 0 Å². The number of hydrogen-bond acceptors (Lipinski definition) is 1. The van der Waals surface area contributed by atoms with E-state index in [1.54, 1.807) is 0 Å². The van der Waals surface area contributed by atoms with E-state index in [1.807, 2.05) is 34.9 Å². The molecule has 0 saturated heterocycles. The van der Waals surface area contributed by atoms with Gasteiger partial charge in [0.05, 0.1) is 11.0 Å². The van der Waals surface area contributed by atoms with Gasteiger partial charge in [-0.05, 0) is 36.2 Å². The van der Waals surface area contributed by atoms with Crippen LogP contribution in [0.3, 0.4) is 0 Å². The summed E-state index contributed by atoms with van der Waals surface area (Å²) >= 11 is 3.46. The Balaban J connectivity index is 2.56. The van der Waals surface area contributed by atoms with E-state index in [1.165, 1.54) is 5.56 Å². The zero-order valence-corrected chi connectivity index (χ0v) is 10.9. The highest BCUT2D eigenvalue weighted by Gasteiger charge is 2.06. The highest BCUT2D eigenvalue weighted by atomic mass is 79.9. The van der Waals surface area contributed by atoms with Gasteiger partial charge in [0.15, 0.2) is 0 Å². The van der Waals surface area contributed by atoms with Crippen molar-refractivity contribution in [2.24, 2.45) is 0 Å². The van der Waals surface area contributed by atoms with Gasteiger partial charge >= 0.3 is 0 Å². The summed E-state index contributed by atoms with van der Waals surface area (Å²) in [5.74, 6) is 0. The normalized spacial score (nSPS) is 11.4. The Morgan fingerprint density at radius 2 is 2.12 bits per heavy atom. The summed E-state index contributed by atoms with van der Waals surface area (Å²) in [5, 5.41) is 0. The van der Waals surface area contributed by atoms with Gasteiger partial charge in [-0.15, -0.1) is 0 Å². The average Bonchev–Trinajstić information content (AvgIpc) is 2.75. The number of fused-ring (bicyclic) bond motifs is 3. The quantitative estimate of drug-likeness (QED) is 0.735. The number of halogens is 1. The van der Waals surface area contributed by atoms with Gasteiger partial charge in [0.1, 0.15) is 5.52 Å². The molecule has 0 fully saturated rings. The number of aryl methyl sites for hydroxylation is 1. The van der Waals surface area contributed by atoms with E-state index in [0.717, 1.165) is 21.9 Å². The summed E-state index contributed by atoms with van der Waals surface area (Å²) in [6, 6.07) is 7.79. The lowest BCUT2D eigenvalue weighted by atomic mass is 10.3. The third kappa shape index (κ3) is 1.60. The van der Waals surface area contributed by atoms with E-state index < -0.39 is 0 Å². The molecule has 0 unspecified atom stereocenters. The van der Waals surface area contributed by atoms with Crippen molar-refractivity contribution in [1.29, 1.82) is 0 Å². The number of aromatic amines is 1. The highest BCUT2D eigenvalue weighted by molar-refractivity contribution is 9.10. The predicted octanol–water partition coefficient (Wildman–Crippen LogP) is 3.11. The first-order valence-electron chi connectivity index (χ1n) is 5.51. The molecule has 0 aliphatic carbocycles.